The summed E-state index contributed by atoms with van der Waals surface area (Å²) in [7, 11) is 0. The van der Waals surface area contributed by atoms with Crippen molar-refractivity contribution in [3.05, 3.63) is 50.6 Å². The Morgan fingerprint density at radius 3 is 2.58 bits per heavy atom. The van der Waals surface area contributed by atoms with Gasteiger partial charge in [0.1, 0.15) is 5.75 Å². The van der Waals surface area contributed by atoms with Crippen LogP contribution in [0.4, 0.5) is 0 Å². The van der Waals surface area contributed by atoms with Crippen molar-refractivity contribution in [2.45, 2.75) is 17.5 Å². The van der Waals surface area contributed by atoms with Crippen molar-refractivity contribution in [2.75, 3.05) is 18.1 Å². The van der Waals surface area contributed by atoms with E-state index in [1.54, 1.807) is 11.3 Å². The molecule has 0 aliphatic carbocycles. The summed E-state index contributed by atoms with van der Waals surface area (Å²) in [5.74, 6) is 3.09. The molecular formula is C17H18BrNO2S3. The lowest BCUT2D eigenvalue weighted by molar-refractivity contribution is -0.123. The smallest absolute Gasteiger partial charge is 0.258 e. The molecule has 1 aliphatic heterocycles. The highest BCUT2D eigenvalue weighted by Gasteiger charge is 2.16. The van der Waals surface area contributed by atoms with Crippen LogP contribution >= 0.6 is 50.8 Å². The summed E-state index contributed by atoms with van der Waals surface area (Å²) < 4.78 is 7.17. The second-order valence-corrected chi connectivity index (χ2v) is 10.5. The van der Waals surface area contributed by atoms with Crippen LogP contribution in [-0.4, -0.2) is 24.0 Å². The molecule has 0 radical (unpaired) electrons. The number of thiophene rings is 1. The van der Waals surface area contributed by atoms with Crippen molar-refractivity contribution in [1.29, 1.82) is 0 Å². The molecule has 0 atom stereocenters. The summed E-state index contributed by atoms with van der Waals surface area (Å²) in [5.41, 5.74) is 1.32. The van der Waals surface area contributed by atoms with Gasteiger partial charge in [-0.1, -0.05) is 12.1 Å². The molecule has 24 heavy (non-hydrogen) atoms. The van der Waals surface area contributed by atoms with E-state index in [0.29, 0.717) is 11.1 Å². The number of nitrogens with one attached hydrogen (secondary N) is 1. The molecule has 1 amide bonds. The van der Waals surface area contributed by atoms with Crippen LogP contribution < -0.4 is 10.1 Å². The Bertz CT molecular complexity index is 669. The molecular weight excluding hydrogens is 426 g/mol. The summed E-state index contributed by atoms with van der Waals surface area (Å²) in [6.07, 6.45) is 1.30. The van der Waals surface area contributed by atoms with Crippen LogP contribution in [0.5, 0.6) is 5.75 Å². The zero-order valence-corrected chi connectivity index (χ0v) is 17.0. The number of ether oxygens (including phenoxy) is 1. The van der Waals surface area contributed by atoms with E-state index in [0.717, 1.165) is 14.4 Å². The van der Waals surface area contributed by atoms with Crippen LogP contribution in [0.25, 0.3) is 0 Å². The molecule has 0 unspecified atom stereocenters. The molecule has 3 rings (SSSR count). The number of rotatable bonds is 6. The lowest BCUT2D eigenvalue weighted by atomic mass is 10.2. The molecule has 2 heterocycles. The molecule has 0 spiro atoms. The van der Waals surface area contributed by atoms with E-state index in [9.17, 15) is 4.79 Å². The fraction of sp³-hybridized carbons (Fsp3) is 0.353. The van der Waals surface area contributed by atoms with Gasteiger partial charge in [0.2, 0.25) is 0 Å². The van der Waals surface area contributed by atoms with Gasteiger partial charge in [-0.05, 0) is 63.7 Å². The Hall–Kier alpha value is -0.630. The lowest BCUT2D eigenvalue weighted by Crippen LogP contribution is -2.28. The average molecular weight is 444 g/mol. The van der Waals surface area contributed by atoms with E-state index in [2.05, 4.69) is 33.4 Å². The minimum atomic E-state index is -0.109. The van der Waals surface area contributed by atoms with E-state index in [-0.39, 0.29) is 12.5 Å². The van der Waals surface area contributed by atoms with Crippen LogP contribution in [0.15, 0.2) is 40.2 Å². The predicted molar refractivity (Wildman–Crippen MR) is 108 cm³/mol. The molecule has 1 N–H and O–H groups in total. The monoisotopic (exact) mass is 443 g/mol. The van der Waals surface area contributed by atoms with Crippen LogP contribution in [0.1, 0.15) is 21.4 Å². The molecule has 1 fully saturated rings. The lowest BCUT2D eigenvalue weighted by Gasteiger charge is -2.21. The second-order valence-electron chi connectivity index (χ2n) is 5.27. The SMILES string of the molecule is O=C(COc1ccc(C2SCCCS2)cc1)NCc1ccc(Br)s1. The number of benzene rings is 1. The van der Waals surface area contributed by atoms with Crippen LogP contribution in [0, 0.1) is 0 Å². The zero-order valence-electron chi connectivity index (χ0n) is 13.0. The van der Waals surface area contributed by atoms with E-state index in [1.807, 2.05) is 47.8 Å². The highest BCUT2D eigenvalue weighted by atomic mass is 79.9. The molecule has 7 heteroatoms. The first-order valence-corrected chi connectivity index (χ1v) is 11.4. The van der Waals surface area contributed by atoms with Crippen molar-refractivity contribution in [3.63, 3.8) is 0 Å². The van der Waals surface area contributed by atoms with Gasteiger partial charge in [-0.3, -0.25) is 4.79 Å². The maximum Gasteiger partial charge on any atom is 0.258 e. The van der Waals surface area contributed by atoms with E-state index in [4.69, 9.17) is 4.74 Å². The first-order valence-electron chi connectivity index (χ1n) is 7.67. The molecule has 0 saturated carbocycles. The maximum absolute atomic E-state index is 11.9. The summed E-state index contributed by atoms with van der Waals surface area (Å²) in [5, 5.41) is 2.86. The maximum atomic E-state index is 11.9. The highest BCUT2D eigenvalue weighted by Crippen LogP contribution is 2.43. The van der Waals surface area contributed by atoms with E-state index in [1.165, 1.54) is 23.5 Å². The number of carbonyl (C=O) groups excluding carboxylic acids is 1. The topological polar surface area (TPSA) is 38.3 Å². The molecule has 1 aromatic heterocycles. The first kappa shape index (κ1) is 18.2. The third-order valence-electron chi connectivity index (χ3n) is 3.44. The third-order valence-corrected chi connectivity index (χ3v) is 8.08. The summed E-state index contributed by atoms with van der Waals surface area (Å²) >= 11 is 9.03. The third kappa shape index (κ3) is 5.44. The number of thioether (sulfide) groups is 2. The first-order chi connectivity index (χ1) is 11.7. The van der Waals surface area contributed by atoms with Crippen molar-refractivity contribution in [2.24, 2.45) is 0 Å². The molecule has 2 aromatic rings. The Balaban J connectivity index is 1.43. The van der Waals surface area contributed by atoms with Gasteiger partial charge in [0.15, 0.2) is 6.61 Å². The van der Waals surface area contributed by atoms with Crippen molar-refractivity contribution >= 4 is 56.7 Å². The zero-order chi connectivity index (χ0) is 16.8. The Kier molecular flexibility index (Phi) is 6.95. The van der Waals surface area contributed by atoms with Gasteiger partial charge in [-0.15, -0.1) is 34.9 Å². The summed E-state index contributed by atoms with van der Waals surface area (Å²) in [6.45, 7) is 0.576. The average Bonchev–Trinajstić information content (AvgIpc) is 3.05. The molecule has 1 saturated heterocycles. The van der Waals surface area contributed by atoms with Gasteiger partial charge >= 0.3 is 0 Å². The number of hydrogen-bond acceptors (Lipinski definition) is 5. The van der Waals surface area contributed by atoms with E-state index < -0.39 is 0 Å². The molecule has 1 aromatic carbocycles. The molecule has 0 bridgehead atoms. The fourth-order valence-corrected chi connectivity index (χ4v) is 6.55. The van der Waals surface area contributed by atoms with Gasteiger partial charge in [0.05, 0.1) is 14.9 Å². The van der Waals surface area contributed by atoms with Crippen LogP contribution in [0.2, 0.25) is 0 Å². The summed E-state index contributed by atoms with van der Waals surface area (Å²) in [6, 6.07) is 12.1. The normalized spacial score (nSPS) is 15.2. The van der Waals surface area contributed by atoms with Gasteiger partial charge in [-0.25, -0.2) is 0 Å². The Labute approximate surface area is 163 Å². The molecule has 3 nitrogen and oxygen atoms in total. The van der Waals surface area contributed by atoms with Gasteiger partial charge in [-0.2, -0.15) is 0 Å². The van der Waals surface area contributed by atoms with Crippen LogP contribution in [-0.2, 0) is 11.3 Å². The number of hydrogen-bond donors (Lipinski definition) is 1. The van der Waals surface area contributed by atoms with Crippen molar-refractivity contribution in [1.82, 2.24) is 5.32 Å². The quantitative estimate of drug-likeness (QED) is 0.675. The number of halogens is 1. The minimum Gasteiger partial charge on any atom is -0.484 e. The van der Waals surface area contributed by atoms with Crippen molar-refractivity contribution in [3.8, 4) is 5.75 Å². The minimum absolute atomic E-state index is 0.0405. The van der Waals surface area contributed by atoms with E-state index >= 15 is 0 Å². The van der Waals surface area contributed by atoms with Gasteiger partial charge < -0.3 is 10.1 Å². The second kappa shape index (κ2) is 9.17. The standard InChI is InChI=1S/C17H18BrNO2S3/c18-15-7-6-14(24-15)10-19-16(20)11-21-13-4-2-12(3-5-13)17-22-8-1-9-23-17/h2-7,17H,1,8-11H2,(H,19,20). The number of amides is 1. The largest absolute Gasteiger partial charge is 0.484 e. The Morgan fingerprint density at radius 1 is 1.17 bits per heavy atom. The van der Waals surface area contributed by atoms with Crippen molar-refractivity contribution < 1.29 is 9.53 Å². The predicted octanol–water partition coefficient (Wildman–Crippen LogP) is 5.07. The highest BCUT2D eigenvalue weighted by molar-refractivity contribution is 9.11. The van der Waals surface area contributed by atoms with Gasteiger partial charge in [0.25, 0.3) is 5.91 Å². The fourth-order valence-electron chi connectivity index (χ4n) is 2.23. The summed E-state index contributed by atoms with van der Waals surface area (Å²) in [4.78, 5) is 13.0. The number of carbonyl (C=O) groups is 1. The molecule has 128 valence electrons. The van der Waals surface area contributed by atoms with Gasteiger partial charge in [0, 0.05) is 4.88 Å². The Morgan fingerprint density at radius 2 is 1.92 bits per heavy atom. The van der Waals surface area contributed by atoms with Crippen LogP contribution in [0.3, 0.4) is 0 Å². The molecule has 1 aliphatic rings.